The van der Waals surface area contributed by atoms with Crippen LogP contribution in [0.1, 0.15) is 30.5 Å². The molecular weight excluding hydrogens is 367 g/mol. The molecule has 1 aromatic heterocycles. The molecule has 5 rings (SSSR count). The first-order chi connectivity index (χ1) is 9.74. The first kappa shape index (κ1) is 13.1. The van der Waals surface area contributed by atoms with Crippen molar-refractivity contribution in [3.8, 4) is 0 Å². The van der Waals surface area contributed by atoms with Gasteiger partial charge in [0.25, 0.3) is 0 Å². The number of halogens is 1. The second kappa shape index (κ2) is 4.98. The summed E-state index contributed by atoms with van der Waals surface area (Å²) in [6.07, 6.45) is 5.48. The van der Waals surface area contributed by atoms with Gasteiger partial charge in [0, 0.05) is 37.8 Å². The molecule has 4 heterocycles. The molecule has 0 N–H and O–H groups in total. The lowest BCUT2D eigenvalue weighted by Gasteiger charge is -2.31. The number of carbonyl (C=O) groups is 1. The smallest absolute Gasteiger partial charge is 0.318 e. The number of piperidine rings is 1. The molecule has 3 aliphatic heterocycles. The predicted octanol–water partition coefficient (Wildman–Crippen LogP) is 1.72. The average molecular weight is 386 g/mol. The average Bonchev–Trinajstić information content (AvgIpc) is 2.92. The van der Waals surface area contributed by atoms with Crippen LogP contribution in [0.4, 0.5) is 4.79 Å². The van der Waals surface area contributed by atoms with E-state index in [0.29, 0.717) is 6.04 Å². The van der Waals surface area contributed by atoms with Gasteiger partial charge in [-0.05, 0) is 54.7 Å². The van der Waals surface area contributed by atoms with E-state index in [0.717, 1.165) is 62.0 Å². The highest BCUT2D eigenvalue weighted by molar-refractivity contribution is 14.1. The molecule has 2 bridgehead atoms. The standard InChI is InChI=1S/C14H19IN4O/c15-13-11-2-1-3-12(11)19(16-13)14(20)18-9-8-17-6-4-10(18)5-7-17/h10H,1-9H2. The van der Waals surface area contributed by atoms with Gasteiger partial charge in [0.15, 0.2) is 0 Å². The number of aromatic nitrogens is 2. The van der Waals surface area contributed by atoms with E-state index in [1.165, 1.54) is 11.3 Å². The zero-order valence-corrected chi connectivity index (χ0v) is 13.7. The molecule has 3 fully saturated rings. The summed E-state index contributed by atoms with van der Waals surface area (Å²) in [5.41, 5.74) is 2.47. The topological polar surface area (TPSA) is 41.4 Å². The maximum absolute atomic E-state index is 12.9. The summed E-state index contributed by atoms with van der Waals surface area (Å²) in [6, 6.07) is 0.528. The molecule has 0 radical (unpaired) electrons. The molecule has 6 heteroatoms. The third-order valence-electron chi connectivity index (χ3n) is 4.96. The van der Waals surface area contributed by atoms with Gasteiger partial charge in [0.05, 0.1) is 5.69 Å². The van der Waals surface area contributed by atoms with Crippen LogP contribution in [0.25, 0.3) is 0 Å². The Hall–Kier alpha value is -0.630. The summed E-state index contributed by atoms with van der Waals surface area (Å²) in [7, 11) is 0. The molecule has 0 atom stereocenters. The largest absolute Gasteiger partial charge is 0.345 e. The number of carbonyl (C=O) groups excluding carboxylic acids is 1. The number of rotatable bonds is 0. The SMILES string of the molecule is O=C(N1CCN2CCC1CC2)n1nc(I)c2c1CCC2. The van der Waals surface area contributed by atoms with E-state index in [9.17, 15) is 4.79 Å². The van der Waals surface area contributed by atoms with Crippen LogP contribution in [-0.4, -0.2) is 57.8 Å². The maximum atomic E-state index is 12.9. The second-order valence-electron chi connectivity index (χ2n) is 6.03. The van der Waals surface area contributed by atoms with Gasteiger partial charge < -0.3 is 9.80 Å². The van der Waals surface area contributed by atoms with Gasteiger partial charge in [0.1, 0.15) is 3.70 Å². The number of nitrogens with zero attached hydrogens (tertiary/aromatic N) is 4. The van der Waals surface area contributed by atoms with Crippen molar-refractivity contribution in [2.45, 2.75) is 38.1 Å². The van der Waals surface area contributed by atoms with Crippen molar-refractivity contribution in [2.75, 3.05) is 26.2 Å². The lowest BCUT2D eigenvalue weighted by atomic mass is 10.1. The Morgan fingerprint density at radius 2 is 1.95 bits per heavy atom. The predicted molar refractivity (Wildman–Crippen MR) is 83.9 cm³/mol. The Balaban J connectivity index is 1.65. The van der Waals surface area contributed by atoms with Crippen molar-refractivity contribution >= 4 is 28.6 Å². The Bertz CT molecular complexity index is 548. The van der Waals surface area contributed by atoms with Crippen LogP contribution < -0.4 is 0 Å². The number of hydrogen-bond acceptors (Lipinski definition) is 3. The van der Waals surface area contributed by atoms with Crippen molar-refractivity contribution < 1.29 is 4.79 Å². The summed E-state index contributed by atoms with van der Waals surface area (Å²) in [4.78, 5) is 17.5. The van der Waals surface area contributed by atoms with E-state index >= 15 is 0 Å². The van der Waals surface area contributed by atoms with Gasteiger partial charge >= 0.3 is 6.03 Å². The van der Waals surface area contributed by atoms with Gasteiger partial charge in [-0.1, -0.05) is 0 Å². The van der Waals surface area contributed by atoms with Gasteiger partial charge in [-0.25, -0.2) is 4.79 Å². The molecule has 0 saturated carbocycles. The number of hydrogen-bond donors (Lipinski definition) is 0. The van der Waals surface area contributed by atoms with Gasteiger partial charge in [-0.2, -0.15) is 9.78 Å². The highest BCUT2D eigenvalue weighted by Crippen LogP contribution is 2.28. The molecule has 1 amide bonds. The Morgan fingerprint density at radius 1 is 1.15 bits per heavy atom. The van der Waals surface area contributed by atoms with Crippen LogP contribution in [0.15, 0.2) is 0 Å². The van der Waals surface area contributed by atoms with E-state index in [4.69, 9.17) is 0 Å². The van der Waals surface area contributed by atoms with Crippen molar-refractivity contribution in [3.05, 3.63) is 15.0 Å². The second-order valence-corrected chi connectivity index (χ2v) is 7.05. The molecule has 0 spiro atoms. The molecule has 20 heavy (non-hydrogen) atoms. The van der Waals surface area contributed by atoms with E-state index < -0.39 is 0 Å². The molecule has 0 aromatic carbocycles. The molecule has 0 unspecified atom stereocenters. The highest BCUT2D eigenvalue weighted by Gasteiger charge is 2.34. The fraction of sp³-hybridized carbons (Fsp3) is 0.714. The van der Waals surface area contributed by atoms with Gasteiger partial charge in [-0.15, -0.1) is 0 Å². The Labute approximate surface area is 132 Å². The van der Waals surface area contributed by atoms with Crippen LogP contribution >= 0.6 is 22.6 Å². The fourth-order valence-electron chi connectivity index (χ4n) is 3.81. The van der Waals surface area contributed by atoms with Gasteiger partial charge in [0.2, 0.25) is 0 Å². The zero-order valence-electron chi connectivity index (χ0n) is 11.5. The first-order valence-corrected chi connectivity index (χ1v) is 8.61. The molecule has 3 saturated heterocycles. The minimum Gasteiger partial charge on any atom is -0.318 e. The number of fused-ring (bicyclic) bond motifs is 5. The molecule has 1 aromatic rings. The summed E-state index contributed by atoms with van der Waals surface area (Å²) in [6.45, 7) is 4.16. The summed E-state index contributed by atoms with van der Waals surface area (Å²) in [5, 5.41) is 4.52. The van der Waals surface area contributed by atoms with Crippen LogP contribution in [-0.2, 0) is 12.8 Å². The van der Waals surface area contributed by atoms with Crippen molar-refractivity contribution in [1.82, 2.24) is 19.6 Å². The molecule has 108 valence electrons. The van der Waals surface area contributed by atoms with E-state index in [1.807, 2.05) is 0 Å². The first-order valence-electron chi connectivity index (χ1n) is 7.53. The molecule has 5 nitrogen and oxygen atoms in total. The van der Waals surface area contributed by atoms with Crippen LogP contribution in [0, 0.1) is 3.70 Å². The van der Waals surface area contributed by atoms with Gasteiger partial charge in [-0.3, -0.25) is 0 Å². The lowest BCUT2D eigenvalue weighted by molar-refractivity contribution is 0.168. The Morgan fingerprint density at radius 3 is 2.75 bits per heavy atom. The Kier molecular flexibility index (Phi) is 3.25. The van der Waals surface area contributed by atoms with E-state index in [-0.39, 0.29) is 6.03 Å². The van der Waals surface area contributed by atoms with Crippen molar-refractivity contribution in [3.63, 3.8) is 0 Å². The maximum Gasteiger partial charge on any atom is 0.345 e. The summed E-state index contributed by atoms with van der Waals surface area (Å²) < 4.78 is 2.73. The third kappa shape index (κ3) is 1.99. The van der Waals surface area contributed by atoms with Crippen LogP contribution in [0.2, 0.25) is 0 Å². The monoisotopic (exact) mass is 386 g/mol. The normalized spacial score (nSPS) is 28.6. The molecule has 4 aliphatic rings. The molecular formula is C14H19IN4O. The van der Waals surface area contributed by atoms with Crippen molar-refractivity contribution in [2.24, 2.45) is 0 Å². The fourth-order valence-corrected chi connectivity index (χ4v) is 4.61. The van der Waals surface area contributed by atoms with Crippen LogP contribution in [0.3, 0.4) is 0 Å². The van der Waals surface area contributed by atoms with E-state index in [1.54, 1.807) is 4.68 Å². The summed E-state index contributed by atoms with van der Waals surface area (Å²) >= 11 is 2.27. The highest BCUT2D eigenvalue weighted by atomic mass is 127. The lowest BCUT2D eigenvalue weighted by Crippen LogP contribution is -2.44. The zero-order chi connectivity index (χ0) is 13.7. The molecule has 1 aliphatic carbocycles. The number of amides is 1. The quantitative estimate of drug-likeness (QED) is 0.638. The third-order valence-corrected chi connectivity index (χ3v) is 5.83. The van der Waals surface area contributed by atoms with Crippen LogP contribution in [0.5, 0.6) is 0 Å². The minimum atomic E-state index is 0.111. The minimum absolute atomic E-state index is 0.111. The summed E-state index contributed by atoms with van der Waals surface area (Å²) in [5.74, 6) is 0. The van der Waals surface area contributed by atoms with E-state index in [2.05, 4.69) is 37.5 Å². The van der Waals surface area contributed by atoms with Crippen molar-refractivity contribution in [1.29, 1.82) is 0 Å².